The maximum Gasteiger partial charge on any atom is 0.391 e. The number of rotatable bonds is 7. The molecule has 0 heterocycles. The molecule has 0 fully saturated rings. The summed E-state index contributed by atoms with van der Waals surface area (Å²) in [6, 6.07) is 11.1. The van der Waals surface area contributed by atoms with Crippen molar-refractivity contribution in [1.82, 2.24) is 0 Å². The van der Waals surface area contributed by atoms with Gasteiger partial charge in [0, 0.05) is 6.42 Å². The molecule has 0 radical (unpaired) electrons. The van der Waals surface area contributed by atoms with Gasteiger partial charge in [-0.1, -0.05) is 48.5 Å². The van der Waals surface area contributed by atoms with E-state index < -0.39 is 43.6 Å². The van der Waals surface area contributed by atoms with Crippen molar-refractivity contribution >= 4 is 0 Å². The molecule has 2 N–H and O–H groups in total. The molecule has 2 nitrogen and oxygen atoms in total. The Morgan fingerprint density at radius 1 is 0.643 bits per heavy atom. The standard InChI is InChI=1S/C19H17F7O2/c20-17(21)18(22,23)9-15(27)13-5-1-11(2-6-13)12-3-7-14(8-4-12)16(28)10-19(24,25)26/h1-8,15-17,27-28H,9-10H2. The Hall–Kier alpha value is -2.13. The van der Waals surface area contributed by atoms with Gasteiger partial charge in [-0.25, -0.2) is 17.6 Å². The van der Waals surface area contributed by atoms with Gasteiger partial charge in [0.05, 0.1) is 18.6 Å². The first-order valence-corrected chi connectivity index (χ1v) is 8.18. The van der Waals surface area contributed by atoms with Gasteiger partial charge in [0.15, 0.2) is 0 Å². The summed E-state index contributed by atoms with van der Waals surface area (Å²) in [5.74, 6) is -4.31. The second-order valence-corrected chi connectivity index (χ2v) is 6.36. The molecule has 0 aliphatic heterocycles. The van der Waals surface area contributed by atoms with E-state index >= 15 is 0 Å². The number of hydrogen-bond acceptors (Lipinski definition) is 2. The Labute approximate surface area is 156 Å². The van der Waals surface area contributed by atoms with Gasteiger partial charge in [0.25, 0.3) is 0 Å². The molecule has 0 bridgehead atoms. The van der Waals surface area contributed by atoms with Crippen LogP contribution in [0.5, 0.6) is 0 Å². The maximum absolute atomic E-state index is 13.0. The van der Waals surface area contributed by atoms with Crippen LogP contribution in [0, 0.1) is 0 Å². The molecule has 2 atom stereocenters. The Morgan fingerprint density at radius 3 is 1.32 bits per heavy atom. The van der Waals surface area contributed by atoms with Gasteiger partial charge in [0.2, 0.25) is 0 Å². The van der Waals surface area contributed by atoms with Crippen molar-refractivity contribution in [1.29, 1.82) is 0 Å². The summed E-state index contributed by atoms with van der Waals surface area (Å²) in [5.41, 5.74) is 1.25. The van der Waals surface area contributed by atoms with Crippen LogP contribution in [0.15, 0.2) is 48.5 Å². The second kappa shape index (κ2) is 8.48. The van der Waals surface area contributed by atoms with Crippen molar-refractivity contribution in [2.24, 2.45) is 0 Å². The van der Waals surface area contributed by atoms with Crippen molar-refractivity contribution < 1.29 is 40.9 Å². The molecule has 0 saturated carbocycles. The van der Waals surface area contributed by atoms with E-state index in [9.17, 15) is 40.9 Å². The number of hydrogen-bond donors (Lipinski definition) is 2. The molecule has 2 aromatic rings. The first-order chi connectivity index (χ1) is 12.9. The summed E-state index contributed by atoms with van der Waals surface area (Å²) in [5, 5.41) is 19.3. The van der Waals surface area contributed by atoms with Crippen molar-refractivity contribution in [3.05, 3.63) is 59.7 Å². The van der Waals surface area contributed by atoms with E-state index in [4.69, 9.17) is 0 Å². The van der Waals surface area contributed by atoms with E-state index in [0.29, 0.717) is 11.1 Å². The van der Waals surface area contributed by atoms with Gasteiger partial charge in [0.1, 0.15) is 0 Å². The third-order valence-corrected chi connectivity index (χ3v) is 4.13. The Balaban J connectivity index is 2.09. The van der Waals surface area contributed by atoms with Gasteiger partial charge in [-0.3, -0.25) is 0 Å². The lowest BCUT2D eigenvalue weighted by molar-refractivity contribution is -0.154. The largest absolute Gasteiger partial charge is 0.391 e. The van der Waals surface area contributed by atoms with Crippen molar-refractivity contribution in [2.45, 2.75) is 43.6 Å². The molecule has 0 saturated heterocycles. The number of halogens is 7. The van der Waals surface area contributed by atoms with E-state index in [1.807, 2.05) is 0 Å². The fourth-order valence-corrected chi connectivity index (χ4v) is 2.60. The molecule has 0 aromatic heterocycles. The van der Waals surface area contributed by atoms with Crippen LogP contribution in [-0.4, -0.2) is 28.7 Å². The maximum atomic E-state index is 13.0. The number of aliphatic hydroxyl groups is 2. The second-order valence-electron chi connectivity index (χ2n) is 6.36. The zero-order valence-electron chi connectivity index (χ0n) is 14.3. The first-order valence-electron chi connectivity index (χ1n) is 8.18. The van der Waals surface area contributed by atoms with E-state index in [2.05, 4.69) is 0 Å². The van der Waals surface area contributed by atoms with Gasteiger partial charge < -0.3 is 10.2 Å². The quantitative estimate of drug-likeness (QED) is 0.578. The molecule has 154 valence electrons. The molecule has 0 amide bonds. The van der Waals surface area contributed by atoms with Gasteiger partial charge >= 0.3 is 18.5 Å². The monoisotopic (exact) mass is 410 g/mol. The average Bonchev–Trinajstić information content (AvgIpc) is 2.60. The fourth-order valence-electron chi connectivity index (χ4n) is 2.60. The van der Waals surface area contributed by atoms with Gasteiger partial charge in [-0.15, -0.1) is 0 Å². The normalized spacial score (nSPS) is 14.9. The SMILES string of the molecule is OC(CC(F)(F)F)c1ccc(-c2ccc(C(O)CC(F)(F)C(F)F)cc2)cc1. The molecule has 2 aromatic carbocycles. The summed E-state index contributed by atoms with van der Waals surface area (Å²) < 4.78 is 87.4. The topological polar surface area (TPSA) is 40.5 Å². The van der Waals surface area contributed by atoms with Crippen molar-refractivity contribution in [3.63, 3.8) is 0 Å². The highest BCUT2D eigenvalue weighted by molar-refractivity contribution is 5.64. The summed E-state index contributed by atoms with van der Waals surface area (Å²) in [4.78, 5) is 0. The lowest BCUT2D eigenvalue weighted by atomic mass is 9.97. The van der Waals surface area contributed by atoms with E-state index in [1.54, 1.807) is 0 Å². The van der Waals surface area contributed by atoms with Crippen LogP contribution < -0.4 is 0 Å². The van der Waals surface area contributed by atoms with E-state index in [1.165, 1.54) is 48.5 Å². The molecule has 28 heavy (non-hydrogen) atoms. The first kappa shape index (κ1) is 22.2. The highest BCUT2D eigenvalue weighted by atomic mass is 19.4. The molecule has 2 unspecified atom stereocenters. The van der Waals surface area contributed by atoms with Crippen LogP contribution in [0.4, 0.5) is 30.7 Å². The number of aliphatic hydroxyl groups excluding tert-OH is 2. The highest BCUT2D eigenvalue weighted by Crippen LogP contribution is 2.34. The third kappa shape index (κ3) is 5.93. The number of alkyl halides is 7. The molecule has 2 rings (SSSR count). The molecule has 0 aliphatic rings. The molecule has 0 spiro atoms. The molecular weight excluding hydrogens is 393 g/mol. The van der Waals surface area contributed by atoms with Crippen LogP contribution >= 0.6 is 0 Å². The van der Waals surface area contributed by atoms with Crippen LogP contribution in [0.2, 0.25) is 0 Å². The van der Waals surface area contributed by atoms with Crippen LogP contribution in [-0.2, 0) is 0 Å². The van der Waals surface area contributed by atoms with Crippen LogP contribution in [0.3, 0.4) is 0 Å². The predicted octanol–water partition coefficient (Wildman–Crippen LogP) is 5.66. The zero-order chi connectivity index (χ0) is 21.1. The summed E-state index contributed by atoms with van der Waals surface area (Å²) in [6.45, 7) is 0. The lowest BCUT2D eigenvalue weighted by Gasteiger charge is -2.19. The highest BCUT2D eigenvalue weighted by Gasteiger charge is 2.42. The Morgan fingerprint density at radius 2 is 1.00 bits per heavy atom. The van der Waals surface area contributed by atoms with E-state index in [0.717, 1.165) is 0 Å². The minimum absolute atomic E-state index is 0.0290. The Kier molecular flexibility index (Phi) is 6.71. The smallest absolute Gasteiger partial charge is 0.388 e. The number of benzene rings is 2. The van der Waals surface area contributed by atoms with E-state index in [-0.39, 0.29) is 11.1 Å². The minimum atomic E-state index is -4.50. The molecule has 9 heteroatoms. The zero-order valence-corrected chi connectivity index (χ0v) is 14.3. The average molecular weight is 410 g/mol. The summed E-state index contributed by atoms with van der Waals surface area (Å²) in [6.07, 6.45) is -14.7. The third-order valence-electron chi connectivity index (χ3n) is 4.13. The minimum Gasteiger partial charge on any atom is -0.388 e. The van der Waals surface area contributed by atoms with Gasteiger partial charge in [-0.05, 0) is 22.3 Å². The lowest BCUT2D eigenvalue weighted by Crippen LogP contribution is -2.28. The predicted molar refractivity (Wildman–Crippen MR) is 88.0 cm³/mol. The molecule has 0 aliphatic carbocycles. The summed E-state index contributed by atoms with van der Waals surface area (Å²) >= 11 is 0. The van der Waals surface area contributed by atoms with Gasteiger partial charge in [-0.2, -0.15) is 13.2 Å². The van der Waals surface area contributed by atoms with Crippen LogP contribution in [0.1, 0.15) is 36.2 Å². The van der Waals surface area contributed by atoms with Crippen molar-refractivity contribution in [3.8, 4) is 11.1 Å². The van der Waals surface area contributed by atoms with Crippen molar-refractivity contribution in [2.75, 3.05) is 0 Å². The fraction of sp³-hybridized carbons (Fsp3) is 0.368. The Bertz CT molecular complexity index is 755. The van der Waals surface area contributed by atoms with Crippen LogP contribution in [0.25, 0.3) is 11.1 Å². The summed E-state index contributed by atoms with van der Waals surface area (Å²) in [7, 11) is 0. The molecular formula is C19H17F7O2.